The Morgan fingerprint density at radius 1 is 0.893 bits per heavy atom. The van der Waals surface area contributed by atoms with Crippen molar-refractivity contribution in [2.24, 2.45) is 0 Å². The van der Waals surface area contributed by atoms with Crippen LogP contribution < -0.4 is 11.0 Å². The zero-order chi connectivity index (χ0) is 19.1. The van der Waals surface area contributed by atoms with Gasteiger partial charge >= 0.3 is 0 Å². The third kappa shape index (κ3) is 2.66. The molecule has 5 nitrogen and oxygen atoms in total. The number of para-hydroxylation sites is 2. The van der Waals surface area contributed by atoms with Gasteiger partial charge in [0.2, 0.25) is 11.1 Å². The van der Waals surface area contributed by atoms with E-state index in [0.29, 0.717) is 16.8 Å². The van der Waals surface area contributed by atoms with Crippen molar-refractivity contribution in [2.45, 2.75) is 38.0 Å². The predicted molar refractivity (Wildman–Crippen MR) is 109 cm³/mol. The van der Waals surface area contributed by atoms with Crippen molar-refractivity contribution in [3.63, 3.8) is 0 Å². The highest BCUT2D eigenvalue weighted by Crippen LogP contribution is 2.32. The van der Waals surface area contributed by atoms with Crippen LogP contribution in [0, 0.1) is 0 Å². The van der Waals surface area contributed by atoms with E-state index in [1.165, 1.54) is 6.42 Å². The molecule has 0 spiro atoms. The molecule has 4 aromatic rings. The second-order valence-corrected chi connectivity index (χ2v) is 7.39. The first-order valence-corrected chi connectivity index (χ1v) is 9.78. The zero-order valence-corrected chi connectivity index (χ0v) is 15.4. The third-order valence-corrected chi connectivity index (χ3v) is 5.63. The van der Waals surface area contributed by atoms with Crippen LogP contribution in [0.1, 0.15) is 43.8 Å². The number of aromatic nitrogens is 2. The molecule has 0 bridgehead atoms. The fourth-order valence-electron chi connectivity index (χ4n) is 4.23. The number of nitrogens with zero attached hydrogens (tertiary/aromatic N) is 2. The Balaban J connectivity index is 1.90. The van der Waals surface area contributed by atoms with Gasteiger partial charge in [-0.1, -0.05) is 49.6 Å². The highest BCUT2D eigenvalue weighted by atomic mass is 16.3. The molecule has 0 amide bonds. The van der Waals surface area contributed by atoms with E-state index in [9.17, 15) is 9.59 Å². The van der Waals surface area contributed by atoms with Gasteiger partial charge in [0.15, 0.2) is 5.39 Å². The van der Waals surface area contributed by atoms with E-state index in [1.807, 2.05) is 36.4 Å². The van der Waals surface area contributed by atoms with E-state index in [-0.39, 0.29) is 28.0 Å². The second-order valence-electron chi connectivity index (χ2n) is 7.39. The smallest absolute Gasteiger partial charge is 0.273 e. The summed E-state index contributed by atoms with van der Waals surface area (Å²) >= 11 is 0. The topological polar surface area (TPSA) is 65.1 Å². The third-order valence-electron chi connectivity index (χ3n) is 5.63. The van der Waals surface area contributed by atoms with Crippen LogP contribution in [0.15, 0.2) is 68.6 Å². The molecule has 1 saturated carbocycles. The fraction of sp³-hybridized carbons (Fsp3) is 0.261. The molecule has 1 aliphatic carbocycles. The molecule has 0 atom stereocenters. The van der Waals surface area contributed by atoms with E-state index >= 15 is 0 Å². The molecule has 1 fully saturated rings. The summed E-state index contributed by atoms with van der Waals surface area (Å²) in [6.45, 7) is 0. The Morgan fingerprint density at radius 2 is 1.61 bits per heavy atom. The Bertz CT molecular complexity index is 1280. The van der Waals surface area contributed by atoms with Crippen LogP contribution in [0.3, 0.4) is 0 Å². The SMILES string of the molecule is O=c1c2ccccc2oc2nc(C3CCCCC3)n(-c3ccccc3)c(=O)c12. The van der Waals surface area contributed by atoms with Gasteiger partial charge in [0.25, 0.3) is 5.56 Å². The molecule has 2 aromatic heterocycles. The lowest BCUT2D eigenvalue weighted by atomic mass is 9.88. The average molecular weight is 372 g/mol. The van der Waals surface area contributed by atoms with Gasteiger partial charge in [-0.2, -0.15) is 4.98 Å². The molecular weight excluding hydrogens is 352 g/mol. The lowest BCUT2D eigenvalue weighted by Gasteiger charge is -2.24. The minimum atomic E-state index is -0.351. The van der Waals surface area contributed by atoms with Crippen LogP contribution >= 0.6 is 0 Å². The van der Waals surface area contributed by atoms with Crippen molar-refractivity contribution in [1.82, 2.24) is 9.55 Å². The van der Waals surface area contributed by atoms with Crippen molar-refractivity contribution in [3.8, 4) is 5.69 Å². The van der Waals surface area contributed by atoms with Crippen LogP contribution in [0.2, 0.25) is 0 Å². The normalized spacial score (nSPS) is 15.3. The van der Waals surface area contributed by atoms with Gasteiger partial charge in [-0.15, -0.1) is 0 Å². The second kappa shape index (κ2) is 6.75. The van der Waals surface area contributed by atoms with Gasteiger partial charge in [0, 0.05) is 5.92 Å². The number of rotatable bonds is 2. The van der Waals surface area contributed by atoms with Crippen molar-refractivity contribution in [2.75, 3.05) is 0 Å². The fourth-order valence-corrected chi connectivity index (χ4v) is 4.23. The Hall–Kier alpha value is -3.21. The summed E-state index contributed by atoms with van der Waals surface area (Å²) in [7, 11) is 0. The monoisotopic (exact) mass is 372 g/mol. The van der Waals surface area contributed by atoms with Crippen LogP contribution in [0.4, 0.5) is 0 Å². The molecule has 0 N–H and O–H groups in total. The van der Waals surface area contributed by atoms with Gasteiger partial charge in [-0.3, -0.25) is 14.2 Å². The Kier molecular flexibility index (Phi) is 4.08. The molecule has 5 heteroatoms. The standard InChI is InChI=1S/C23H20N2O3/c26-20-17-13-7-8-14-18(17)28-22-19(20)23(27)25(16-11-5-2-6-12-16)21(24-22)15-9-3-1-4-10-15/h2,5-8,11-15H,1,3-4,9-10H2. The molecule has 28 heavy (non-hydrogen) atoms. The molecule has 0 saturated heterocycles. The summed E-state index contributed by atoms with van der Waals surface area (Å²) in [4.78, 5) is 31.3. The average Bonchev–Trinajstić information content (AvgIpc) is 2.75. The van der Waals surface area contributed by atoms with Gasteiger partial charge in [-0.05, 0) is 37.1 Å². The minimum Gasteiger partial charge on any atom is -0.437 e. The van der Waals surface area contributed by atoms with Crippen molar-refractivity contribution in [3.05, 3.63) is 81.0 Å². The summed E-state index contributed by atoms with van der Waals surface area (Å²) in [6.07, 6.45) is 5.43. The molecular formula is C23H20N2O3. The summed E-state index contributed by atoms with van der Waals surface area (Å²) in [6, 6.07) is 16.4. The first kappa shape index (κ1) is 16.9. The number of hydrogen-bond acceptors (Lipinski definition) is 4. The van der Waals surface area contributed by atoms with Crippen LogP contribution in [0.25, 0.3) is 27.8 Å². The first-order chi connectivity index (χ1) is 13.7. The molecule has 2 heterocycles. The maximum atomic E-state index is 13.5. The maximum Gasteiger partial charge on any atom is 0.273 e. The van der Waals surface area contributed by atoms with Crippen molar-refractivity contribution in [1.29, 1.82) is 0 Å². The van der Waals surface area contributed by atoms with E-state index < -0.39 is 0 Å². The highest BCUT2D eigenvalue weighted by Gasteiger charge is 2.25. The molecule has 0 aliphatic heterocycles. The number of hydrogen-bond donors (Lipinski definition) is 0. The quantitative estimate of drug-likeness (QED) is 0.485. The van der Waals surface area contributed by atoms with E-state index in [4.69, 9.17) is 9.40 Å². The molecule has 140 valence electrons. The van der Waals surface area contributed by atoms with Crippen LogP contribution in [-0.2, 0) is 0 Å². The largest absolute Gasteiger partial charge is 0.437 e. The lowest BCUT2D eigenvalue weighted by Crippen LogP contribution is -2.29. The summed E-state index contributed by atoms with van der Waals surface area (Å²) in [5.41, 5.74) is 0.654. The summed E-state index contributed by atoms with van der Waals surface area (Å²) in [5.74, 6) is 0.879. The van der Waals surface area contributed by atoms with Crippen molar-refractivity contribution >= 4 is 22.1 Å². The highest BCUT2D eigenvalue weighted by molar-refractivity contribution is 5.87. The Labute approximate surface area is 161 Å². The summed E-state index contributed by atoms with van der Waals surface area (Å²) in [5, 5.41) is 0.418. The minimum absolute atomic E-state index is 0.0158. The van der Waals surface area contributed by atoms with Gasteiger partial charge < -0.3 is 4.42 Å². The van der Waals surface area contributed by atoms with Crippen LogP contribution in [-0.4, -0.2) is 9.55 Å². The van der Waals surface area contributed by atoms with Crippen molar-refractivity contribution < 1.29 is 4.42 Å². The number of benzene rings is 2. The zero-order valence-electron chi connectivity index (χ0n) is 15.4. The van der Waals surface area contributed by atoms with E-state index in [1.54, 1.807) is 22.8 Å². The van der Waals surface area contributed by atoms with Gasteiger partial charge in [0.05, 0.1) is 11.1 Å². The molecule has 1 aliphatic rings. The lowest BCUT2D eigenvalue weighted by molar-refractivity contribution is 0.420. The maximum absolute atomic E-state index is 13.5. The Morgan fingerprint density at radius 3 is 2.39 bits per heavy atom. The first-order valence-electron chi connectivity index (χ1n) is 9.78. The molecule has 0 radical (unpaired) electrons. The van der Waals surface area contributed by atoms with Gasteiger partial charge in [-0.25, -0.2) is 0 Å². The van der Waals surface area contributed by atoms with E-state index in [2.05, 4.69) is 0 Å². The van der Waals surface area contributed by atoms with Gasteiger partial charge in [0.1, 0.15) is 11.4 Å². The predicted octanol–water partition coefficient (Wildman–Crippen LogP) is 4.54. The number of fused-ring (bicyclic) bond motifs is 2. The summed E-state index contributed by atoms with van der Waals surface area (Å²) < 4.78 is 7.52. The van der Waals surface area contributed by atoms with E-state index in [0.717, 1.165) is 31.4 Å². The molecule has 0 unspecified atom stereocenters. The molecule has 5 rings (SSSR count). The van der Waals surface area contributed by atoms with Crippen LogP contribution in [0.5, 0.6) is 0 Å². The molecule has 2 aromatic carbocycles.